The van der Waals surface area contributed by atoms with Crippen LogP contribution in [-0.4, -0.2) is 22.4 Å². The summed E-state index contributed by atoms with van der Waals surface area (Å²) in [5.74, 6) is -0.718. The number of hydrazone groups is 1. The number of amides is 2. The van der Waals surface area contributed by atoms with Crippen LogP contribution in [0, 0.1) is 10.1 Å². The molecule has 0 spiro atoms. The molecule has 158 valence electrons. The summed E-state index contributed by atoms with van der Waals surface area (Å²) < 4.78 is 0.538. The van der Waals surface area contributed by atoms with Gasteiger partial charge in [-0.3, -0.25) is 19.7 Å². The average Bonchev–Trinajstić information content (AvgIpc) is 3.19. The third-order valence-corrected chi connectivity index (χ3v) is 5.48. The third-order valence-electron chi connectivity index (χ3n) is 4.25. The smallest absolute Gasteiger partial charge is 0.273 e. The summed E-state index contributed by atoms with van der Waals surface area (Å²) >= 11 is 7.04. The summed E-state index contributed by atoms with van der Waals surface area (Å²) in [4.78, 5) is 35.3. The van der Waals surface area contributed by atoms with Gasteiger partial charge in [-0.1, -0.05) is 41.9 Å². The van der Waals surface area contributed by atoms with Crippen molar-refractivity contribution in [1.29, 1.82) is 0 Å². The highest BCUT2D eigenvalue weighted by molar-refractivity contribution is 7.18. The number of nitrogens with zero attached hydrogens (tertiary/aromatic N) is 2. The number of nitro benzene ring substituents is 1. The van der Waals surface area contributed by atoms with Crippen LogP contribution in [0.3, 0.4) is 0 Å². The lowest BCUT2D eigenvalue weighted by Gasteiger charge is -2.06. The van der Waals surface area contributed by atoms with Crippen LogP contribution in [0.4, 0.5) is 11.4 Å². The molecule has 0 radical (unpaired) electrons. The van der Waals surface area contributed by atoms with Gasteiger partial charge in [0, 0.05) is 17.3 Å². The van der Waals surface area contributed by atoms with Crippen LogP contribution in [0.5, 0.6) is 0 Å². The molecule has 0 bridgehead atoms. The van der Waals surface area contributed by atoms with E-state index in [9.17, 15) is 19.7 Å². The molecule has 31 heavy (non-hydrogen) atoms. The van der Waals surface area contributed by atoms with Gasteiger partial charge in [0.2, 0.25) is 5.91 Å². The summed E-state index contributed by atoms with van der Waals surface area (Å²) in [5, 5.41) is 17.9. The minimum absolute atomic E-state index is 0.110. The predicted octanol–water partition coefficient (Wildman–Crippen LogP) is 4.64. The monoisotopic (exact) mass is 456 g/mol. The fourth-order valence-corrected chi connectivity index (χ4v) is 3.62. The molecule has 0 aliphatic heterocycles. The molecule has 0 aliphatic rings. The average molecular weight is 457 g/mol. The van der Waals surface area contributed by atoms with E-state index >= 15 is 0 Å². The Morgan fingerprint density at radius 1 is 1.10 bits per heavy atom. The molecule has 2 amide bonds. The third kappa shape index (κ3) is 5.97. The van der Waals surface area contributed by atoms with E-state index in [2.05, 4.69) is 15.8 Å². The molecule has 2 aromatic carbocycles. The van der Waals surface area contributed by atoms with Crippen LogP contribution in [0.15, 0.2) is 65.8 Å². The molecule has 0 unspecified atom stereocenters. The Kier molecular flexibility index (Phi) is 7.11. The summed E-state index contributed by atoms with van der Waals surface area (Å²) in [6.07, 6.45) is -0.161. The molecule has 0 fully saturated rings. The van der Waals surface area contributed by atoms with Crippen LogP contribution in [0.1, 0.15) is 27.7 Å². The lowest BCUT2D eigenvalue weighted by atomic mass is 10.1. The zero-order chi connectivity index (χ0) is 22.4. The lowest BCUT2D eigenvalue weighted by Crippen LogP contribution is -2.21. The van der Waals surface area contributed by atoms with Gasteiger partial charge in [0.05, 0.1) is 26.3 Å². The van der Waals surface area contributed by atoms with Gasteiger partial charge in [-0.25, -0.2) is 5.43 Å². The van der Waals surface area contributed by atoms with Crippen molar-refractivity contribution in [2.24, 2.45) is 5.10 Å². The number of benzene rings is 2. The Morgan fingerprint density at radius 2 is 1.81 bits per heavy atom. The molecule has 3 rings (SSSR count). The van der Waals surface area contributed by atoms with Crippen molar-refractivity contribution in [3.8, 4) is 0 Å². The van der Waals surface area contributed by atoms with Crippen molar-refractivity contribution in [1.82, 2.24) is 5.43 Å². The zero-order valence-corrected chi connectivity index (χ0v) is 17.9. The normalized spacial score (nSPS) is 11.1. The van der Waals surface area contributed by atoms with E-state index in [1.807, 2.05) is 0 Å². The van der Waals surface area contributed by atoms with E-state index in [0.717, 1.165) is 5.56 Å². The van der Waals surface area contributed by atoms with Gasteiger partial charge in [0.15, 0.2) is 0 Å². The maximum Gasteiger partial charge on any atom is 0.273 e. The van der Waals surface area contributed by atoms with Crippen LogP contribution >= 0.6 is 22.9 Å². The first-order chi connectivity index (χ1) is 14.8. The number of para-hydroxylation sites is 1. The second-order valence-corrected chi connectivity index (χ2v) is 8.15. The molecule has 0 saturated heterocycles. The van der Waals surface area contributed by atoms with E-state index in [4.69, 9.17) is 11.6 Å². The number of nitrogens with one attached hydrogen (secondary N) is 2. The number of hydrogen-bond donors (Lipinski definition) is 2. The van der Waals surface area contributed by atoms with E-state index in [1.165, 1.54) is 23.5 Å². The SMILES string of the molecule is CC(=NNC(=O)Cc1ccccc1[N+](=O)[O-])c1ccc(NC(=O)c2ccc(Cl)s2)cc1. The van der Waals surface area contributed by atoms with Crippen LogP contribution in [0.25, 0.3) is 0 Å². The van der Waals surface area contributed by atoms with Crippen molar-refractivity contribution >= 4 is 51.8 Å². The molecule has 0 atom stereocenters. The van der Waals surface area contributed by atoms with Crippen LogP contribution in [0.2, 0.25) is 4.34 Å². The van der Waals surface area contributed by atoms with Gasteiger partial charge in [-0.05, 0) is 36.8 Å². The minimum atomic E-state index is -0.523. The zero-order valence-electron chi connectivity index (χ0n) is 16.3. The summed E-state index contributed by atoms with van der Waals surface area (Å²) in [6, 6.07) is 16.3. The number of carbonyl (C=O) groups is 2. The number of thiophene rings is 1. The van der Waals surface area contributed by atoms with E-state index in [-0.39, 0.29) is 18.0 Å². The molecular formula is C21H17ClN4O4S. The fourth-order valence-electron chi connectivity index (χ4n) is 2.69. The molecule has 10 heteroatoms. The van der Waals surface area contributed by atoms with Crippen molar-refractivity contribution in [3.05, 3.63) is 91.1 Å². The van der Waals surface area contributed by atoms with E-state index in [0.29, 0.717) is 26.2 Å². The minimum Gasteiger partial charge on any atom is -0.321 e. The number of carbonyl (C=O) groups excluding carboxylic acids is 2. The van der Waals surface area contributed by atoms with Crippen LogP contribution < -0.4 is 10.7 Å². The number of halogens is 1. The molecule has 1 aromatic heterocycles. The van der Waals surface area contributed by atoms with Crippen molar-refractivity contribution < 1.29 is 14.5 Å². The molecular weight excluding hydrogens is 440 g/mol. The number of hydrogen-bond acceptors (Lipinski definition) is 6. The first kappa shape index (κ1) is 22.1. The Morgan fingerprint density at radius 3 is 2.45 bits per heavy atom. The number of nitro groups is 1. The Labute approximate surface area is 186 Å². The van der Waals surface area contributed by atoms with Crippen molar-refractivity contribution in [3.63, 3.8) is 0 Å². The lowest BCUT2D eigenvalue weighted by molar-refractivity contribution is -0.385. The number of anilines is 1. The van der Waals surface area contributed by atoms with Gasteiger partial charge >= 0.3 is 0 Å². The first-order valence-corrected chi connectivity index (χ1v) is 10.3. The van der Waals surface area contributed by atoms with E-state index < -0.39 is 10.8 Å². The summed E-state index contributed by atoms with van der Waals surface area (Å²) in [5.41, 5.74) is 4.49. The highest BCUT2D eigenvalue weighted by Gasteiger charge is 2.15. The van der Waals surface area contributed by atoms with Crippen LogP contribution in [-0.2, 0) is 11.2 Å². The summed E-state index contributed by atoms with van der Waals surface area (Å²) in [6.45, 7) is 1.71. The maximum absolute atomic E-state index is 12.2. The molecule has 3 aromatic rings. The molecule has 1 heterocycles. The number of rotatable bonds is 7. The molecule has 2 N–H and O–H groups in total. The molecule has 0 aliphatic carbocycles. The second kappa shape index (κ2) is 9.96. The van der Waals surface area contributed by atoms with Gasteiger partial charge < -0.3 is 5.32 Å². The van der Waals surface area contributed by atoms with Crippen molar-refractivity contribution in [2.75, 3.05) is 5.32 Å². The van der Waals surface area contributed by atoms with E-state index in [1.54, 1.807) is 55.5 Å². The molecule has 8 nitrogen and oxygen atoms in total. The van der Waals surface area contributed by atoms with Crippen molar-refractivity contribution in [2.45, 2.75) is 13.3 Å². The topological polar surface area (TPSA) is 114 Å². The largest absolute Gasteiger partial charge is 0.321 e. The standard InChI is InChI=1S/C21H17ClN4O4S/c1-13(24-25-20(27)12-15-4-2-3-5-17(15)26(29)30)14-6-8-16(9-7-14)23-21(28)18-10-11-19(22)31-18/h2-11H,12H2,1H3,(H,23,28)(H,25,27). The van der Waals surface area contributed by atoms with Gasteiger partial charge in [-0.2, -0.15) is 5.10 Å². The Balaban J connectivity index is 1.59. The molecule has 0 saturated carbocycles. The maximum atomic E-state index is 12.2. The van der Waals surface area contributed by atoms with Gasteiger partial charge in [0.1, 0.15) is 0 Å². The summed E-state index contributed by atoms with van der Waals surface area (Å²) in [7, 11) is 0. The fraction of sp³-hybridized carbons (Fsp3) is 0.0952. The van der Waals surface area contributed by atoms with Gasteiger partial charge in [0.25, 0.3) is 11.6 Å². The highest BCUT2D eigenvalue weighted by atomic mass is 35.5. The van der Waals surface area contributed by atoms with Gasteiger partial charge in [-0.15, -0.1) is 11.3 Å². The second-order valence-electron chi connectivity index (χ2n) is 6.43. The highest BCUT2D eigenvalue weighted by Crippen LogP contribution is 2.22. The Hall–Kier alpha value is -3.56. The first-order valence-electron chi connectivity index (χ1n) is 9.06. The Bertz CT molecular complexity index is 1160. The predicted molar refractivity (Wildman–Crippen MR) is 121 cm³/mol. The quantitative estimate of drug-likeness (QED) is 0.306.